The third kappa shape index (κ3) is 8.10. The van der Waals surface area contributed by atoms with Crippen molar-refractivity contribution in [3.05, 3.63) is 338 Å². The smallest absolute Gasteiger partial charge is 0.0733 e. The molecule has 354 valence electrons. The van der Waals surface area contributed by atoms with Crippen LogP contribution in [0, 0.1) is 0 Å². The molecular formula is C73H52N2. The van der Waals surface area contributed by atoms with E-state index in [1.54, 1.807) is 0 Å². The second-order valence-electron chi connectivity index (χ2n) is 19.2. The molecule has 0 amide bonds. The third-order valence-electron chi connectivity index (χ3n) is 15.0. The maximum Gasteiger partial charge on any atom is 0.0733 e. The average Bonchev–Trinajstić information content (AvgIpc) is 3.80. The summed E-state index contributed by atoms with van der Waals surface area (Å²) in [7, 11) is 0. The molecule has 0 fully saturated rings. The molecule has 75 heavy (non-hydrogen) atoms. The van der Waals surface area contributed by atoms with Crippen molar-refractivity contribution < 1.29 is 0 Å². The normalized spacial score (nSPS) is 12.1. The molecule has 1 aliphatic carbocycles. The number of anilines is 6. The van der Waals surface area contributed by atoms with Crippen molar-refractivity contribution in [2.45, 2.75) is 5.41 Å². The summed E-state index contributed by atoms with van der Waals surface area (Å²) < 4.78 is 0. The molecule has 0 atom stereocenters. The van der Waals surface area contributed by atoms with Gasteiger partial charge in [-0.2, -0.15) is 0 Å². The molecule has 0 spiro atoms. The van der Waals surface area contributed by atoms with Gasteiger partial charge in [-0.3, -0.25) is 0 Å². The molecule has 0 saturated carbocycles. The number of hydrogen-bond acceptors (Lipinski definition) is 2. The Hall–Kier alpha value is -9.76. The van der Waals surface area contributed by atoms with Crippen molar-refractivity contribution in [1.82, 2.24) is 0 Å². The van der Waals surface area contributed by atoms with Crippen molar-refractivity contribution in [1.29, 1.82) is 0 Å². The van der Waals surface area contributed by atoms with Gasteiger partial charge >= 0.3 is 0 Å². The topological polar surface area (TPSA) is 6.48 Å². The molecule has 12 aromatic rings. The van der Waals surface area contributed by atoms with Gasteiger partial charge in [0.05, 0.1) is 11.1 Å². The summed E-state index contributed by atoms with van der Waals surface area (Å²) >= 11 is 0. The lowest BCUT2D eigenvalue weighted by molar-refractivity contribution is 0.768. The van der Waals surface area contributed by atoms with Gasteiger partial charge in [-0.1, -0.05) is 237 Å². The van der Waals surface area contributed by atoms with Crippen molar-refractivity contribution in [3.8, 4) is 55.6 Å². The van der Waals surface area contributed by atoms with Crippen LogP contribution in [0.2, 0.25) is 0 Å². The van der Waals surface area contributed by atoms with Crippen LogP contribution in [-0.4, -0.2) is 0 Å². The minimum absolute atomic E-state index is 0.582. The van der Waals surface area contributed by atoms with Crippen LogP contribution in [0.4, 0.5) is 34.1 Å². The lowest BCUT2D eigenvalue weighted by Gasteiger charge is -2.38. The van der Waals surface area contributed by atoms with E-state index >= 15 is 0 Å². The van der Waals surface area contributed by atoms with E-state index in [1.165, 1.54) is 61.2 Å². The highest BCUT2D eigenvalue weighted by atomic mass is 15.1. The molecule has 13 rings (SSSR count). The van der Waals surface area contributed by atoms with E-state index in [0.29, 0.717) is 0 Å². The fourth-order valence-electron chi connectivity index (χ4n) is 11.6. The molecule has 0 N–H and O–H groups in total. The van der Waals surface area contributed by atoms with E-state index in [9.17, 15) is 0 Å². The maximum atomic E-state index is 2.45. The second-order valence-corrected chi connectivity index (χ2v) is 19.2. The molecular weight excluding hydrogens is 905 g/mol. The van der Waals surface area contributed by atoms with Gasteiger partial charge in [0.25, 0.3) is 0 Å². The first-order chi connectivity index (χ1) is 37.2. The fourth-order valence-corrected chi connectivity index (χ4v) is 11.6. The molecule has 2 heteroatoms. The van der Waals surface area contributed by atoms with E-state index in [1.807, 2.05) is 0 Å². The van der Waals surface area contributed by atoms with Gasteiger partial charge in [0, 0.05) is 28.4 Å². The fraction of sp³-hybridized carbons (Fsp3) is 0.0137. The summed E-state index contributed by atoms with van der Waals surface area (Å²) in [5, 5.41) is 0. The summed E-state index contributed by atoms with van der Waals surface area (Å²) in [4.78, 5) is 4.76. The van der Waals surface area contributed by atoms with Gasteiger partial charge in [-0.25, -0.2) is 0 Å². The summed E-state index contributed by atoms with van der Waals surface area (Å²) in [5.74, 6) is 0. The Morgan fingerprint density at radius 3 is 0.920 bits per heavy atom. The average molecular weight is 957 g/mol. The molecule has 0 radical (unpaired) electrons. The van der Waals surface area contributed by atoms with Crippen molar-refractivity contribution >= 4 is 34.1 Å². The second kappa shape index (κ2) is 19.7. The highest BCUT2D eigenvalue weighted by Gasteiger charge is 2.47. The number of hydrogen-bond donors (Lipinski definition) is 0. The number of nitrogens with zero attached hydrogens (tertiary/aromatic N) is 2. The summed E-state index contributed by atoms with van der Waals surface area (Å²) in [6.45, 7) is 0. The van der Waals surface area contributed by atoms with Gasteiger partial charge in [0.2, 0.25) is 0 Å². The molecule has 0 bridgehead atoms. The van der Waals surface area contributed by atoms with Crippen molar-refractivity contribution in [3.63, 3.8) is 0 Å². The molecule has 12 aromatic carbocycles. The van der Waals surface area contributed by atoms with Crippen LogP contribution >= 0.6 is 0 Å². The van der Waals surface area contributed by atoms with Crippen molar-refractivity contribution in [2.24, 2.45) is 0 Å². The minimum atomic E-state index is -0.582. The van der Waals surface area contributed by atoms with Gasteiger partial charge in [-0.05, 0) is 157 Å². The molecule has 0 heterocycles. The first kappa shape index (κ1) is 45.1. The Labute approximate surface area is 440 Å². The number of fused-ring (bicyclic) bond motifs is 3. The zero-order valence-corrected chi connectivity index (χ0v) is 41.4. The van der Waals surface area contributed by atoms with E-state index in [2.05, 4.69) is 325 Å². The van der Waals surface area contributed by atoms with Crippen LogP contribution in [0.25, 0.3) is 55.6 Å². The summed E-state index contributed by atoms with van der Waals surface area (Å²) in [6, 6.07) is 115. The Kier molecular flexibility index (Phi) is 11.8. The predicted molar refractivity (Wildman–Crippen MR) is 315 cm³/mol. The molecule has 0 saturated heterocycles. The zero-order chi connectivity index (χ0) is 50.0. The lowest BCUT2D eigenvalue weighted by atomic mass is 9.67. The number of benzene rings is 12. The Morgan fingerprint density at radius 1 is 0.200 bits per heavy atom. The summed E-state index contributed by atoms with van der Waals surface area (Å²) in [6.07, 6.45) is 0. The Balaban J connectivity index is 0.965. The van der Waals surface area contributed by atoms with Gasteiger partial charge in [-0.15, -0.1) is 0 Å². The third-order valence-corrected chi connectivity index (χ3v) is 15.0. The Morgan fingerprint density at radius 2 is 0.493 bits per heavy atom. The molecule has 1 aliphatic rings. The minimum Gasteiger partial charge on any atom is -0.311 e. The summed E-state index contributed by atoms with van der Waals surface area (Å²) in [5.41, 5.74) is 22.9. The van der Waals surface area contributed by atoms with Crippen LogP contribution in [0.15, 0.2) is 315 Å². The number of para-hydroxylation sites is 4. The lowest BCUT2D eigenvalue weighted by Crippen LogP contribution is -2.30. The van der Waals surface area contributed by atoms with E-state index in [-0.39, 0.29) is 0 Å². The van der Waals surface area contributed by atoms with Crippen LogP contribution in [-0.2, 0) is 5.41 Å². The van der Waals surface area contributed by atoms with E-state index < -0.39 is 5.41 Å². The van der Waals surface area contributed by atoms with Crippen LogP contribution in [0.3, 0.4) is 0 Å². The van der Waals surface area contributed by atoms with Gasteiger partial charge in [0.15, 0.2) is 0 Å². The molecule has 2 nitrogen and oxygen atoms in total. The monoisotopic (exact) mass is 956 g/mol. The molecule has 0 aromatic heterocycles. The largest absolute Gasteiger partial charge is 0.311 e. The van der Waals surface area contributed by atoms with Gasteiger partial charge < -0.3 is 9.80 Å². The first-order valence-corrected chi connectivity index (χ1v) is 25.8. The van der Waals surface area contributed by atoms with E-state index in [0.717, 1.165) is 50.8 Å². The predicted octanol–water partition coefficient (Wildman–Crippen LogP) is 19.7. The standard InChI is InChI=1S/C73H52N2/c1-7-25-53(26-8-1)65-52-68(66(54-27-9-2-10-28-54)51-67(65)55-43-47-61(48-44-55)74(58-31-13-4-14-32-58)59-33-15-5-16-34-59)56-45-49-62(50-46-56)75(60-35-17-6-18-36-60)72-42-24-23-41-71(72)73(57-29-11-3-12-30-57)69-39-21-19-37-63(69)64-38-20-22-40-70(64)73/h1-52H. The maximum absolute atomic E-state index is 2.45. The van der Waals surface area contributed by atoms with E-state index in [4.69, 9.17) is 0 Å². The van der Waals surface area contributed by atoms with Crippen LogP contribution in [0.5, 0.6) is 0 Å². The van der Waals surface area contributed by atoms with Crippen LogP contribution in [0.1, 0.15) is 22.3 Å². The van der Waals surface area contributed by atoms with Crippen LogP contribution < -0.4 is 9.80 Å². The highest BCUT2D eigenvalue weighted by molar-refractivity contribution is 5.97. The van der Waals surface area contributed by atoms with Crippen molar-refractivity contribution in [2.75, 3.05) is 9.80 Å². The molecule has 0 unspecified atom stereocenters. The Bertz CT molecular complexity index is 3810. The zero-order valence-electron chi connectivity index (χ0n) is 41.4. The first-order valence-electron chi connectivity index (χ1n) is 25.8. The quantitative estimate of drug-likeness (QED) is 0.120. The number of rotatable bonds is 12. The highest BCUT2D eigenvalue weighted by Crippen LogP contribution is 2.59. The van der Waals surface area contributed by atoms with Gasteiger partial charge in [0.1, 0.15) is 0 Å². The molecule has 0 aliphatic heterocycles. The SMILES string of the molecule is c1ccc(-c2cc(-c3ccc(N(c4ccccc4)c4ccccc4C4(c5ccccc5)c5ccccc5-c5ccccc54)cc3)c(-c3ccccc3)cc2-c2ccc(N(c3ccccc3)c3ccccc3)cc2)cc1.